The fourth-order valence-electron chi connectivity index (χ4n) is 3.08. The second-order valence-electron chi connectivity index (χ2n) is 6.50. The van der Waals surface area contributed by atoms with Gasteiger partial charge in [0.05, 0.1) is 13.2 Å². The molecule has 4 heterocycles. The number of anilines is 1. The minimum absolute atomic E-state index is 0.0917. The van der Waals surface area contributed by atoms with Crippen molar-refractivity contribution in [3.8, 4) is 0 Å². The molecule has 2 radical (unpaired) electrons. The van der Waals surface area contributed by atoms with Gasteiger partial charge in [-0.15, -0.1) is 0 Å². The molecule has 0 aliphatic carbocycles. The number of fused-ring (bicyclic) bond motifs is 1. The molecule has 13 nitrogen and oxygen atoms in total. The Morgan fingerprint density at radius 2 is 2.32 bits per heavy atom. The van der Waals surface area contributed by atoms with Crippen molar-refractivity contribution < 1.29 is 28.2 Å². The Labute approximate surface area is 186 Å². The van der Waals surface area contributed by atoms with Crippen molar-refractivity contribution in [2.24, 2.45) is 0 Å². The van der Waals surface area contributed by atoms with E-state index in [9.17, 15) is 9.69 Å². The minimum atomic E-state index is -3.46. The number of nitrogens with two attached hydrogens (primary N) is 1. The Morgan fingerprint density at radius 3 is 3.03 bits per heavy atom. The first-order valence-electron chi connectivity index (χ1n) is 8.88. The maximum absolute atomic E-state index is 12.5. The molecule has 162 valence electrons. The molecule has 0 spiro atoms. The number of nitrogen functional groups attached to an aromatic ring is 1. The van der Waals surface area contributed by atoms with Crippen molar-refractivity contribution in [3.63, 3.8) is 0 Å². The maximum Gasteiger partial charge on any atom is 0.488 e. The van der Waals surface area contributed by atoms with E-state index in [1.807, 2.05) is 0 Å². The molecule has 3 N–H and O–H groups in total. The van der Waals surface area contributed by atoms with Gasteiger partial charge in [-0.25, -0.2) is 34.2 Å². The number of carbonyl (C=O) groups is 1. The minimum Gasteiger partial charge on any atom is -0.441 e. The van der Waals surface area contributed by atoms with Gasteiger partial charge in [-0.05, 0) is 15.9 Å². The fraction of sp³-hybridized carbons (Fsp3) is 0.400. The third-order valence-electron chi connectivity index (χ3n) is 4.54. The lowest BCUT2D eigenvalue weighted by molar-refractivity contribution is -0.0514. The topological polar surface area (TPSA) is 162 Å². The molecule has 3 aromatic rings. The van der Waals surface area contributed by atoms with Crippen molar-refractivity contribution in [2.45, 2.75) is 24.9 Å². The molecule has 0 aromatic carbocycles. The zero-order valence-corrected chi connectivity index (χ0v) is 18.6. The molecule has 1 saturated heterocycles. The summed E-state index contributed by atoms with van der Waals surface area (Å²) in [7, 11) is 3.31. The van der Waals surface area contributed by atoms with Crippen LogP contribution in [0, 0.1) is 0 Å². The van der Waals surface area contributed by atoms with Gasteiger partial charge in [-0.3, -0.25) is 4.57 Å². The van der Waals surface area contributed by atoms with E-state index in [1.165, 1.54) is 36.7 Å². The molecule has 0 bridgehead atoms. The second kappa shape index (κ2) is 8.77. The lowest BCUT2D eigenvalue weighted by Gasteiger charge is -2.21. The van der Waals surface area contributed by atoms with Crippen LogP contribution in [0.4, 0.5) is 10.6 Å². The summed E-state index contributed by atoms with van der Waals surface area (Å²) in [6.45, 7) is -0.0917. The Balaban J connectivity index is 1.63. The van der Waals surface area contributed by atoms with E-state index in [0.29, 0.717) is 15.9 Å². The van der Waals surface area contributed by atoms with Crippen molar-refractivity contribution in [3.05, 3.63) is 29.8 Å². The van der Waals surface area contributed by atoms with Gasteiger partial charge >= 0.3 is 21.5 Å². The Hall–Kier alpha value is -2.16. The van der Waals surface area contributed by atoms with Crippen LogP contribution in [-0.2, 0) is 18.5 Å². The van der Waals surface area contributed by atoms with Crippen LogP contribution in [0.3, 0.4) is 0 Å². The zero-order chi connectivity index (χ0) is 22.2. The average Bonchev–Trinajstić information content (AvgIpc) is 3.46. The number of ether oxygens (including phenoxy) is 2. The van der Waals surface area contributed by atoms with Crippen molar-refractivity contribution in [1.82, 2.24) is 29.1 Å². The molecule has 4 atom stereocenters. The standard InChI is InChI=1S/C15H17BBrN7O6P/c1-27-31(16,26)28-5-8-4-9(30-15(25)23-3-2-19-7-23)13(29-8)24-12-10(22-14(24)17)11(18)20-6-21-12/h2-3,6-9,13,26H,4-5H2,1H3,(H2,18,20,21)/q+1/t8-,9-,13+,31?/m0/s1. The number of halogens is 1. The van der Waals surface area contributed by atoms with Gasteiger partial charge < -0.3 is 15.2 Å². The molecule has 1 unspecified atom stereocenters. The van der Waals surface area contributed by atoms with Gasteiger partial charge in [0.15, 0.2) is 34.0 Å². The Kier molecular flexibility index (Phi) is 6.24. The molecule has 0 amide bonds. The monoisotopic (exact) mass is 512 g/mol. The van der Waals surface area contributed by atoms with Crippen molar-refractivity contribution in [2.75, 3.05) is 19.5 Å². The molecular weight excluding hydrogens is 496 g/mol. The van der Waals surface area contributed by atoms with Gasteiger partial charge in [-0.2, -0.15) is 9.05 Å². The van der Waals surface area contributed by atoms with Crippen LogP contribution >= 0.6 is 23.8 Å². The summed E-state index contributed by atoms with van der Waals surface area (Å²) in [5.41, 5.74) is 6.64. The lowest BCUT2D eigenvalue weighted by atomic mass is 10.2. The van der Waals surface area contributed by atoms with Crippen molar-refractivity contribution in [1.29, 1.82) is 0 Å². The normalized spacial score (nSPS) is 23.1. The third kappa shape index (κ3) is 4.56. The SMILES string of the molecule is [B][P+](O)(OC)OC[C@@H]1C[C@H](OC(=O)n2ccnc2)[C@H](n2c(Br)nc3c(N)ncnc32)O1. The number of hydrogen-bond acceptors (Lipinski definition) is 11. The molecule has 1 aliphatic rings. The Bertz CT molecular complexity index is 1080. The van der Waals surface area contributed by atoms with E-state index in [0.717, 1.165) is 0 Å². The van der Waals surface area contributed by atoms with Crippen molar-refractivity contribution >= 4 is 54.4 Å². The predicted octanol–water partition coefficient (Wildman–Crippen LogP) is 1.21. The first-order chi connectivity index (χ1) is 14.8. The van der Waals surface area contributed by atoms with Crippen LogP contribution in [0.15, 0.2) is 29.8 Å². The fourth-order valence-corrected chi connectivity index (χ4v) is 4.11. The molecule has 3 aromatic heterocycles. The van der Waals surface area contributed by atoms with E-state index in [-0.39, 0.29) is 18.8 Å². The number of nitrogens with zero attached hydrogens (tertiary/aromatic N) is 6. The van der Waals surface area contributed by atoms with E-state index in [4.69, 9.17) is 31.8 Å². The zero-order valence-electron chi connectivity index (χ0n) is 16.1. The summed E-state index contributed by atoms with van der Waals surface area (Å²) in [5.74, 6) is 0.187. The van der Waals surface area contributed by atoms with Crippen LogP contribution in [0.5, 0.6) is 0 Å². The number of rotatable bonds is 6. The molecule has 31 heavy (non-hydrogen) atoms. The van der Waals surface area contributed by atoms with E-state index < -0.39 is 32.4 Å². The number of aromatic nitrogens is 6. The molecule has 1 fully saturated rings. The van der Waals surface area contributed by atoms with Crippen LogP contribution in [0.1, 0.15) is 12.6 Å². The smallest absolute Gasteiger partial charge is 0.441 e. The summed E-state index contributed by atoms with van der Waals surface area (Å²) in [4.78, 5) is 38.7. The Morgan fingerprint density at radius 1 is 1.52 bits per heavy atom. The van der Waals surface area contributed by atoms with Crippen LogP contribution < -0.4 is 5.73 Å². The highest BCUT2D eigenvalue weighted by molar-refractivity contribution is 9.10. The summed E-state index contributed by atoms with van der Waals surface area (Å²) >= 11 is 3.38. The van der Waals surface area contributed by atoms with Gasteiger partial charge in [0, 0.05) is 18.8 Å². The van der Waals surface area contributed by atoms with Gasteiger partial charge in [0.25, 0.3) is 0 Å². The first-order valence-corrected chi connectivity index (χ1v) is 11.3. The molecule has 1 aliphatic heterocycles. The molecule has 4 rings (SSSR count). The molecule has 16 heteroatoms. The molecular formula is C15H17BBrN7O6P+. The largest absolute Gasteiger partial charge is 0.488 e. The number of imidazole rings is 2. The highest BCUT2D eigenvalue weighted by Gasteiger charge is 2.44. The quantitative estimate of drug-likeness (QED) is 0.277. The number of carbonyl (C=O) groups excluding carboxylic acids is 1. The number of hydrogen-bond donors (Lipinski definition) is 2. The van der Waals surface area contributed by atoms with E-state index >= 15 is 0 Å². The average molecular weight is 513 g/mol. The highest BCUT2D eigenvalue weighted by atomic mass is 79.9. The maximum atomic E-state index is 12.5. The second-order valence-corrected chi connectivity index (χ2v) is 8.96. The third-order valence-corrected chi connectivity index (χ3v) is 6.14. The summed E-state index contributed by atoms with van der Waals surface area (Å²) in [6, 6.07) is 0. The van der Waals surface area contributed by atoms with Crippen LogP contribution in [-0.4, -0.2) is 73.5 Å². The van der Waals surface area contributed by atoms with Gasteiger partial charge in [-0.1, -0.05) is 0 Å². The van der Waals surface area contributed by atoms with E-state index in [2.05, 4.69) is 35.9 Å². The van der Waals surface area contributed by atoms with E-state index in [1.54, 1.807) is 4.57 Å². The van der Waals surface area contributed by atoms with Gasteiger partial charge in [0.1, 0.15) is 19.3 Å². The first kappa shape index (κ1) is 22.1. The van der Waals surface area contributed by atoms with Gasteiger partial charge in [0.2, 0.25) is 0 Å². The predicted molar refractivity (Wildman–Crippen MR) is 112 cm³/mol. The highest BCUT2D eigenvalue weighted by Crippen LogP contribution is 2.51. The van der Waals surface area contributed by atoms with Crippen LogP contribution in [0.2, 0.25) is 0 Å². The lowest BCUT2D eigenvalue weighted by Crippen LogP contribution is -2.27. The summed E-state index contributed by atoms with van der Waals surface area (Å²) in [6.07, 6.45) is 2.94. The van der Waals surface area contributed by atoms with Crippen LogP contribution in [0.25, 0.3) is 11.2 Å². The summed E-state index contributed by atoms with van der Waals surface area (Å²) in [5, 5.41) is 0. The molecule has 0 saturated carbocycles. The summed E-state index contributed by atoms with van der Waals surface area (Å²) < 4.78 is 24.9.